The van der Waals surface area contributed by atoms with Gasteiger partial charge in [-0.25, -0.2) is 13.2 Å². The number of hydrogen-bond donors (Lipinski definition) is 1. The van der Waals surface area contributed by atoms with Gasteiger partial charge in [0.15, 0.2) is 0 Å². The second-order valence-corrected chi connectivity index (χ2v) is 7.36. The first-order valence-electron chi connectivity index (χ1n) is 5.39. The lowest BCUT2D eigenvalue weighted by molar-refractivity contribution is 0.0601. The molecule has 5 nitrogen and oxygen atoms in total. The summed E-state index contributed by atoms with van der Waals surface area (Å²) >= 11 is 6.68. The molecule has 0 atom stereocenters. The summed E-state index contributed by atoms with van der Waals surface area (Å²) in [5.41, 5.74) is 0.691. The van der Waals surface area contributed by atoms with E-state index in [0.717, 1.165) is 11.3 Å². The zero-order chi connectivity index (χ0) is 14.8. The molecule has 1 aromatic carbocycles. The highest BCUT2D eigenvalue weighted by atomic mass is 35.5. The topological polar surface area (TPSA) is 72.5 Å². The first kappa shape index (κ1) is 14.8. The van der Waals surface area contributed by atoms with Gasteiger partial charge in [-0.05, 0) is 36.4 Å². The Morgan fingerprint density at radius 2 is 1.85 bits per heavy atom. The molecule has 106 valence electrons. The van der Waals surface area contributed by atoms with Crippen molar-refractivity contribution in [1.82, 2.24) is 0 Å². The zero-order valence-electron chi connectivity index (χ0n) is 10.3. The minimum atomic E-state index is -3.66. The number of nitrogens with one attached hydrogen (secondary N) is 1. The first-order valence-corrected chi connectivity index (χ1v) is 8.06. The molecule has 8 heteroatoms. The van der Waals surface area contributed by atoms with Crippen molar-refractivity contribution in [3.05, 3.63) is 46.3 Å². The molecule has 0 saturated carbocycles. The van der Waals surface area contributed by atoms with Gasteiger partial charge in [0, 0.05) is 5.69 Å². The van der Waals surface area contributed by atoms with Crippen LogP contribution in [0.2, 0.25) is 4.34 Å². The van der Waals surface area contributed by atoms with E-state index in [0.29, 0.717) is 15.6 Å². The van der Waals surface area contributed by atoms with Crippen LogP contribution in [0.3, 0.4) is 0 Å². The van der Waals surface area contributed by atoms with Crippen LogP contribution >= 0.6 is 22.9 Å². The van der Waals surface area contributed by atoms with Gasteiger partial charge in [0.1, 0.15) is 4.21 Å². The molecule has 1 N–H and O–H groups in total. The highest BCUT2D eigenvalue weighted by Crippen LogP contribution is 2.27. The van der Waals surface area contributed by atoms with E-state index < -0.39 is 16.0 Å². The fourth-order valence-electron chi connectivity index (χ4n) is 1.44. The van der Waals surface area contributed by atoms with Crippen molar-refractivity contribution in [2.75, 3.05) is 11.8 Å². The van der Waals surface area contributed by atoms with E-state index in [1.54, 1.807) is 0 Å². The Bertz CT molecular complexity index is 722. The van der Waals surface area contributed by atoms with E-state index in [2.05, 4.69) is 9.46 Å². The molecule has 0 fully saturated rings. The number of sulfonamides is 1. The second-order valence-electron chi connectivity index (χ2n) is 3.73. The number of ether oxygens (including phenoxy) is 1. The molecule has 2 aromatic rings. The molecule has 2 rings (SSSR count). The summed E-state index contributed by atoms with van der Waals surface area (Å²) in [5, 5.41) is 0. The SMILES string of the molecule is COC(=O)c1ccc(NS(=O)(=O)c2ccc(Cl)s2)cc1. The quantitative estimate of drug-likeness (QED) is 0.874. The van der Waals surface area contributed by atoms with Crippen LogP contribution in [0.5, 0.6) is 0 Å². The molecule has 0 bridgehead atoms. The van der Waals surface area contributed by atoms with E-state index in [4.69, 9.17) is 11.6 Å². The number of carbonyl (C=O) groups is 1. The maximum atomic E-state index is 12.0. The largest absolute Gasteiger partial charge is 0.465 e. The summed E-state index contributed by atoms with van der Waals surface area (Å²) in [4.78, 5) is 11.3. The van der Waals surface area contributed by atoms with Gasteiger partial charge in [-0.2, -0.15) is 0 Å². The molecule has 0 saturated heterocycles. The van der Waals surface area contributed by atoms with Crippen molar-refractivity contribution < 1.29 is 17.9 Å². The van der Waals surface area contributed by atoms with Crippen molar-refractivity contribution in [2.45, 2.75) is 4.21 Å². The van der Waals surface area contributed by atoms with Crippen LogP contribution in [-0.2, 0) is 14.8 Å². The van der Waals surface area contributed by atoms with Gasteiger partial charge in [0.2, 0.25) is 0 Å². The third kappa shape index (κ3) is 3.30. The van der Waals surface area contributed by atoms with Gasteiger partial charge in [-0.15, -0.1) is 11.3 Å². The van der Waals surface area contributed by atoms with Gasteiger partial charge in [0.05, 0.1) is 17.0 Å². The Balaban J connectivity index is 2.20. The van der Waals surface area contributed by atoms with Crippen molar-refractivity contribution >= 4 is 44.6 Å². The highest BCUT2D eigenvalue weighted by molar-refractivity contribution is 7.94. The summed E-state index contributed by atoms with van der Waals surface area (Å²) in [6.45, 7) is 0. The summed E-state index contributed by atoms with van der Waals surface area (Å²) in [6, 6.07) is 8.87. The smallest absolute Gasteiger partial charge is 0.337 e. The molecule has 0 spiro atoms. The number of esters is 1. The number of hydrogen-bond acceptors (Lipinski definition) is 5. The Morgan fingerprint density at radius 3 is 2.35 bits per heavy atom. The van der Waals surface area contributed by atoms with E-state index in [-0.39, 0.29) is 4.21 Å². The number of methoxy groups -OCH3 is 1. The summed E-state index contributed by atoms with van der Waals surface area (Å²) in [7, 11) is -2.39. The molecule has 0 amide bonds. The van der Waals surface area contributed by atoms with E-state index in [1.807, 2.05) is 0 Å². The lowest BCUT2D eigenvalue weighted by Crippen LogP contribution is -2.11. The molecule has 1 aromatic heterocycles. The van der Waals surface area contributed by atoms with Gasteiger partial charge in [0.25, 0.3) is 10.0 Å². The summed E-state index contributed by atoms with van der Waals surface area (Å²) < 4.78 is 31.6. The predicted molar refractivity (Wildman–Crippen MR) is 77.9 cm³/mol. The fourth-order valence-corrected chi connectivity index (χ4v) is 3.98. The number of thiophene rings is 1. The zero-order valence-corrected chi connectivity index (χ0v) is 12.7. The van der Waals surface area contributed by atoms with E-state index in [1.165, 1.54) is 43.5 Å². The predicted octanol–water partition coefficient (Wildman–Crippen LogP) is 2.99. The first-order chi connectivity index (χ1) is 9.42. The van der Waals surface area contributed by atoms with Gasteiger partial charge < -0.3 is 4.74 Å². The van der Waals surface area contributed by atoms with Crippen LogP contribution in [0, 0.1) is 0 Å². The Labute approximate surface area is 125 Å². The lowest BCUT2D eigenvalue weighted by Gasteiger charge is -2.06. The Hall–Kier alpha value is -1.57. The van der Waals surface area contributed by atoms with Gasteiger partial charge in [-0.3, -0.25) is 4.72 Å². The van der Waals surface area contributed by atoms with Crippen LogP contribution < -0.4 is 4.72 Å². The van der Waals surface area contributed by atoms with Crippen LogP contribution in [0.15, 0.2) is 40.6 Å². The fraction of sp³-hybridized carbons (Fsp3) is 0.0833. The molecular formula is C12H10ClNO4S2. The molecule has 0 aliphatic carbocycles. The third-order valence-electron chi connectivity index (χ3n) is 2.37. The van der Waals surface area contributed by atoms with Crippen LogP contribution in [0.25, 0.3) is 0 Å². The van der Waals surface area contributed by atoms with Crippen LogP contribution in [-0.4, -0.2) is 21.5 Å². The molecule has 1 heterocycles. The minimum Gasteiger partial charge on any atom is -0.465 e. The van der Waals surface area contributed by atoms with Crippen LogP contribution in [0.4, 0.5) is 5.69 Å². The number of halogens is 1. The maximum Gasteiger partial charge on any atom is 0.337 e. The van der Waals surface area contributed by atoms with Gasteiger partial charge >= 0.3 is 5.97 Å². The monoisotopic (exact) mass is 331 g/mol. The highest BCUT2D eigenvalue weighted by Gasteiger charge is 2.16. The molecule has 0 unspecified atom stereocenters. The summed E-state index contributed by atoms with van der Waals surface area (Å²) in [6.07, 6.45) is 0. The van der Waals surface area contributed by atoms with E-state index >= 15 is 0 Å². The molecule has 0 aliphatic heterocycles. The van der Waals surface area contributed by atoms with Crippen molar-refractivity contribution in [2.24, 2.45) is 0 Å². The number of rotatable bonds is 4. The van der Waals surface area contributed by atoms with Crippen molar-refractivity contribution in [1.29, 1.82) is 0 Å². The standard InChI is InChI=1S/C12H10ClNO4S2/c1-18-12(15)8-2-4-9(5-3-8)14-20(16,17)11-7-6-10(13)19-11/h2-7,14H,1H3. The molecule has 0 aliphatic rings. The summed E-state index contributed by atoms with van der Waals surface area (Å²) in [5.74, 6) is -0.482. The second kappa shape index (κ2) is 5.82. The maximum absolute atomic E-state index is 12.0. The Kier molecular flexibility index (Phi) is 4.32. The molecular weight excluding hydrogens is 322 g/mol. The Morgan fingerprint density at radius 1 is 1.20 bits per heavy atom. The van der Waals surface area contributed by atoms with Gasteiger partial charge in [-0.1, -0.05) is 11.6 Å². The average Bonchev–Trinajstić information content (AvgIpc) is 2.86. The van der Waals surface area contributed by atoms with Crippen molar-refractivity contribution in [3.63, 3.8) is 0 Å². The molecule has 20 heavy (non-hydrogen) atoms. The lowest BCUT2D eigenvalue weighted by atomic mass is 10.2. The number of benzene rings is 1. The number of carbonyl (C=O) groups excluding carboxylic acids is 1. The van der Waals surface area contributed by atoms with Crippen LogP contribution in [0.1, 0.15) is 10.4 Å². The van der Waals surface area contributed by atoms with E-state index in [9.17, 15) is 13.2 Å². The van der Waals surface area contributed by atoms with Crippen molar-refractivity contribution in [3.8, 4) is 0 Å². The molecule has 0 radical (unpaired) electrons. The normalized spacial score (nSPS) is 11.1. The third-order valence-corrected chi connectivity index (χ3v) is 5.48. The average molecular weight is 332 g/mol. The minimum absolute atomic E-state index is 0.125. The number of anilines is 1.